The van der Waals surface area contributed by atoms with Crippen molar-refractivity contribution in [1.29, 1.82) is 0 Å². The number of unbranched alkanes of at least 4 members (excludes halogenated alkanes) is 4. The normalized spacial score (nSPS) is 26.2. The first-order chi connectivity index (χ1) is 15.7. The summed E-state index contributed by atoms with van der Waals surface area (Å²) in [6.07, 6.45) is 23.9. The Balaban J connectivity index is 1.61. The zero-order valence-corrected chi connectivity index (χ0v) is 21.7. The summed E-state index contributed by atoms with van der Waals surface area (Å²) in [5.74, 6) is 4.64. The smallest absolute Gasteiger partial charge is 0.119 e. The minimum absolute atomic E-state index is 0.764. The number of ether oxygens (including phenoxy) is 1. The molecule has 1 aromatic carbocycles. The van der Waals surface area contributed by atoms with Gasteiger partial charge in [0.1, 0.15) is 5.75 Å². The van der Waals surface area contributed by atoms with Gasteiger partial charge in [0.25, 0.3) is 0 Å². The number of rotatable bonds is 13. The van der Waals surface area contributed by atoms with Gasteiger partial charge >= 0.3 is 0 Å². The molecule has 0 amide bonds. The van der Waals surface area contributed by atoms with E-state index in [1.165, 1.54) is 103 Å². The van der Waals surface area contributed by atoms with Gasteiger partial charge in [-0.05, 0) is 105 Å². The van der Waals surface area contributed by atoms with Crippen molar-refractivity contribution in [2.75, 3.05) is 6.61 Å². The quantitative estimate of drug-likeness (QED) is 0.277. The molecule has 3 rings (SSSR count). The van der Waals surface area contributed by atoms with Crippen LogP contribution in [0, 0.1) is 11.8 Å². The van der Waals surface area contributed by atoms with Crippen LogP contribution in [0.3, 0.4) is 0 Å². The summed E-state index contributed by atoms with van der Waals surface area (Å²) < 4.78 is 6.08. The van der Waals surface area contributed by atoms with Crippen molar-refractivity contribution in [3.8, 4) is 5.75 Å². The highest BCUT2D eigenvalue weighted by Crippen LogP contribution is 2.45. The second-order valence-electron chi connectivity index (χ2n) is 11.1. The molecule has 2 aliphatic rings. The lowest BCUT2D eigenvalue weighted by atomic mass is 9.71. The molecular formula is C31H52O. The Morgan fingerprint density at radius 2 is 1.25 bits per heavy atom. The molecule has 182 valence electrons. The Kier molecular flexibility index (Phi) is 11.5. The van der Waals surface area contributed by atoms with Gasteiger partial charge in [0.2, 0.25) is 0 Å². The van der Waals surface area contributed by atoms with E-state index in [0.717, 1.165) is 42.4 Å². The molecule has 32 heavy (non-hydrogen) atoms. The Bertz CT molecular complexity index is 619. The maximum Gasteiger partial charge on any atom is 0.119 e. The van der Waals surface area contributed by atoms with Crippen molar-refractivity contribution < 1.29 is 4.74 Å². The highest BCUT2D eigenvalue weighted by atomic mass is 16.5. The third-order valence-corrected chi connectivity index (χ3v) is 8.52. The van der Waals surface area contributed by atoms with E-state index in [4.69, 9.17) is 4.74 Å². The summed E-state index contributed by atoms with van der Waals surface area (Å²) in [5, 5.41) is 0. The van der Waals surface area contributed by atoms with Gasteiger partial charge in [-0.2, -0.15) is 0 Å². The van der Waals surface area contributed by atoms with Gasteiger partial charge < -0.3 is 4.74 Å². The Hall–Kier alpha value is -0.980. The molecule has 0 N–H and O–H groups in total. The van der Waals surface area contributed by atoms with E-state index >= 15 is 0 Å². The molecule has 2 saturated carbocycles. The fourth-order valence-electron chi connectivity index (χ4n) is 6.56. The molecular weight excluding hydrogens is 388 g/mol. The van der Waals surface area contributed by atoms with Crippen molar-refractivity contribution in [3.63, 3.8) is 0 Å². The Morgan fingerprint density at radius 1 is 0.625 bits per heavy atom. The number of hydrogen-bond acceptors (Lipinski definition) is 1. The molecule has 1 heteroatoms. The first-order valence-corrected chi connectivity index (χ1v) is 14.5. The maximum absolute atomic E-state index is 6.08. The summed E-state index contributed by atoms with van der Waals surface area (Å²) in [7, 11) is 0. The lowest BCUT2D eigenvalue weighted by Crippen LogP contribution is -2.18. The van der Waals surface area contributed by atoms with E-state index in [0.29, 0.717) is 0 Å². The standard InChI is InChI=1S/C31H52O/c1-4-7-8-9-10-12-26-15-19-28(20-16-26)31-24-29(32-23-6-3)21-22-30(31)27-17-13-25(11-5-2)14-18-27/h21-22,24-28H,4-20,23H2,1-3H3. The van der Waals surface area contributed by atoms with E-state index in [1.54, 1.807) is 11.1 Å². The molecule has 0 spiro atoms. The highest BCUT2D eigenvalue weighted by molar-refractivity contribution is 5.40. The fourth-order valence-corrected chi connectivity index (χ4v) is 6.56. The van der Waals surface area contributed by atoms with Crippen LogP contribution >= 0.6 is 0 Å². The van der Waals surface area contributed by atoms with Crippen molar-refractivity contribution in [3.05, 3.63) is 29.3 Å². The van der Waals surface area contributed by atoms with Crippen LogP contribution in [0.1, 0.15) is 153 Å². The van der Waals surface area contributed by atoms with Crippen LogP contribution in [0.5, 0.6) is 5.75 Å². The van der Waals surface area contributed by atoms with Crippen LogP contribution in [0.15, 0.2) is 18.2 Å². The summed E-state index contributed by atoms with van der Waals surface area (Å²) >= 11 is 0. The minimum Gasteiger partial charge on any atom is -0.494 e. The van der Waals surface area contributed by atoms with E-state index < -0.39 is 0 Å². The predicted molar refractivity (Wildman–Crippen MR) is 140 cm³/mol. The molecule has 0 aromatic heterocycles. The van der Waals surface area contributed by atoms with E-state index in [9.17, 15) is 0 Å². The minimum atomic E-state index is 0.764. The van der Waals surface area contributed by atoms with Crippen molar-refractivity contribution >= 4 is 0 Å². The highest BCUT2D eigenvalue weighted by Gasteiger charge is 2.28. The van der Waals surface area contributed by atoms with Gasteiger partial charge in [-0.1, -0.05) is 78.2 Å². The third-order valence-electron chi connectivity index (χ3n) is 8.52. The molecule has 0 aliphatic heterocycles. The zero-order chi connectivity index (χ0) is 22.6. The first kappa shape index (κ1) is 25.6. The molecule has 0 atom stereocenters. The van der Waals surface area contributed by atoms with Gasteiger partial charge in [-0.15, -0.1) is 0 Å². The number of benzene rings is 1. The molecule has 0 unspecified atom stereocenters. The molecule has 0 heterocycles. The molecule has 2 fully saturated rings. The van der Waals surface area contributed by atoms with Gasteiger partial charge in [0.15, 0.2) is 0 Å². The lowest BCUT2D eigenvalue weighted by molar-refractivity contribution is 0.290. The molecule has 1 nitrogen and oxygen atoms in total. The van der Waals surface area contributed by atoms with Crippen molar-refractivity contribution in [2.45, 2.75) is 142 Å². The molecule has 2 aliphatic carbocycles. The zero-order valence-electron chi connectivity index (χ0n) is 21.7. The van der Waals surface area contributed by atoms with Gasteiger partial charge in [0.05, 0.1) is 6.61 Å². The first-order valence-electron chi connectivity index (χ1n) is 14.5. The van der Waals surface area contributed by atoms with Crippen LogP contribution in [0.4, 0.5) is 0 Å². The predicted octanol–water partition coefficient (Wildman–Crippen LogP) is 10.2. The molecule has 0 saturated heterocycles. The SMILES string of the molecule is CCCCCCCC1CCC(c2cc(OCCC)ccc2C2CCC(CCC)CC2)CC1. The largest absolute Gasteiger partial charge is 0.494 e. The molecule has 0 radical (unpaired) electrons. The van der Waals surface area contributed by atoms with Gasteiger partial charge in [-0.25, -0.2) is 0 Å². The van der Waals surface area contributed by atoms with E-state index in [2.05, 4.69) is 39.0 Å². The van der Waals surface area contributed by atoms with Gasteiger partial charge in [-0.3, -0.25) is 0 Å². The second-order valence-corrected chi connectivity index (χ2v) is 11.1. The molecule has 0 bridgehead atoms. The average Bonchev–Trinajstić information content (AvgIpc) is 2.84. The molecule has 1 aromatic rings. The average molecular weight is 441 g/mol. The van der Waals surface area contributed by atoms with E-state index in [1.807, 2.05) is 0 Å². The van der Waals surface area contributed by atoms with Crippen molar-refractivity contribution in [2.24, 2.45) is 11.8 Å². The third kappa shape index (κ3) is 7.81. The fraction of sp³-hybridized carbons (Fsp3) is 0.806. The van der Waals surface area contributed by atoms with E-state index in [-0.39, 0.29) is 0 Å². The van der Waals surface area contributed by atoms with Crippen LogP contribution in [-0.2, 0) is 0 Å². The maximum atomic E-state index is 6.08. The Labute approximate surface area is 200 Å². The van der Waals surface area contributed by atoms with Crippen LogP contribution in [0.25, 0.3) is 0 Å². The monoisotopic (exact) mass is 440 g/mol. The summed E-state index contributed by atoms with van der Waals surface area (Å²) in [6, 6.07) is 7.19. The van der Waals surface area contributed by atoms with Crippen LogP contribution < -0.4 is 4.74 Å². The number of hydrogen-bond donors (Lipinski definition) is 0. The van der Waals surface area contributed by atoms with Crippen molar-refractivity contribution in [1.82, 2.24) is 0 Å². The summed E-state index contributed by atoms with van der Waals surface area (Å²) in [6.45, 7) is 7.70. The van der Waals surface area contributed by atoms with Crippen LogP contribution in [-0.4, -0.2) is 6.61 Å². The second kappa shape index (κ2) is 14.3. The Morgan fingerprint density at radius 3 is 1.88 bits per heavy atom. The summed E-state index contributed by atoms with van der Waals surface area (Å²) in [4.78, 5) is 0. The van der Waals surface area contributed by atoms with Gasteiger partial charge in [0, 0.05) is 0 Å². The lowest BCUT2D eigenvalue weighted by Gasteiger charge is -2.34. The topological polar surface area (TPSA) is 9.23 Å². The summed E-state index contributed by atoms with van der Waals surface area (Å²) in [5.41, 5.74) is 3.35. The van der Waals surface area contributed by atoms with Crippen LogP contribution in [0.2, 0.25) is 0 Å².